The molecule has 1 aliphatic rings. The van der Waals surface area contributed by atoms with Crippen LogP contribution in [0.2, 0.25) is 5.02 Å². The molecule has 1 N–H and O–H groups in total. The normalized spacial score (nSPS) is 21.2. The van der Waals surface area contributed by atoms with Gasteiger partial charge in [0.2, 0.25) is 0 Å². The van der Waals surface area contributed by atoms with Crippen molar-refractivity contribution >= 4 is 17.3 Å². The minimum absolute atomic E-state index is 0.0514. The Morgan fingerprint density at radius 3 is 2.84 bits per heavy atom. The molecule has 0 fully saturated rings. The van der Waals surface area contributed by atoms with Crippen LogP contribution in [0.25, 0.3) is 0 Å². The molecule has 1 aliphatic heterocycles. The number of nitrogens with one attached hydrogen (secondary N) is 1. The Labute approximate surface area is 116 Å². The van der Waals surface area contributed by atoms with Gasteiger partial charge in [-0.25, -0.2) is 4.39 Å². The van der Waals surface area contributed by atoms with Crippen molar-refractivity contribution in [3.05, 3.63) is 58.9 Å². The average Bonchev–Trinajstić information content (AvgIpc) is 2.38. The maximum atomic E-state index is 13.3. The number of hydrogen-bond donors (Lipinski definition) is 1. The molecule has 2 aromatic rings. The van der Waals surface area contributed by atoms with Gasteiger partial charge in [-0.05, 0) is 36.8 Å². The molecule has 0 saturated carbocycles. The van der Waals surface area contributed by atoms with Crippen LogP contribution >= 0.6 is 11.6 Å². The smallest absolute Gasteiger partial charge is 0.144 e. The highest BCUT2D eigenvalue weighted by molar-refractivity contribution is 6.30. The topological polar surface area (TPSA) is 21.3 Å². The zero-order chi connectivity index (χ0) is 13.4. The van der Waals surface area contributed by atoms with Crippen molar-refractivity contribution in [2.45, 2.75) is 19.1 Å². The van der Waals surface area contributed by atoms with E-state index in [-0.39, 0.29) is 18.0 Å². The highest BCUT2D eigenvalue weighted by Crippen LogP contribution is 2.38. The van der Waals surface area contributed by atoms with Gasteiger partial charge in [-0.3, -0.25) is 0 Å². The summed E-state index contributed by atoms with van der Waals surface area (Å²) in [6.07, 6.45) is -0.235. The van der Waals surface area contributed by atoms with Crippen LogP contribution in [0, 0.1) is 5.82 Å². The molecule has 0 amide bonds. The third-order valence-electron chi connectivity index (χ3n) is 3.21. The minimum atomic E-state index is -0.259. The quantitative estimate of drug-likeness (QED) is 0.833. The van der Waals surface area contributed by atoms with Crippen LogP contribution in [0.1, 0.15) is 18.6 Å². The standard InChI is InChI=1S/C15H13ClFNO/c1-9-15(10-3-2-4-12(17)7-10)19-14-8-11(16)5-6-13(14)18-9/h2-9,15,18H,1H3. The van der Waals surface area contributed by atoms with Crippen LogP contribution in [0.5, 0.6) is 5.75 Å². The molecule has 0 aliphatic carbocycles. The molecule has 0 aromatic heterocycles. The van der Waals surface area contributed by atoms with Gasteiger partial charge in [0.15, 0.2) is 0 Å². The van der Waals surface area contributed by atoms with Crippen LogP contribution in [-0.4, -0.2) is 6.04 Å². The largest absolute Gasteiger partial charge is 0.481 e. The average molecular weight is 278 g/mol. The summed E-state index contributed by atoms with van der Waals surface area (Å²) in [5, 5.41) is 3.97. The van der Waals surface area contributed by atoms with Crippen LogP contribution in [-0.2, 0) is 0 Å². The number of rotatable bonds is 1. The van der Waals surface area contributed by atoms with E-state index in [1.807, 2.05) is 25.1 Å². The summed E-state index contributed by atoms with van der Waals surface area (Å²) in [6, 6.07) is 12.0. The van der Waals surface area contributed by atoms with Gasteiger partial charge in [0, 0.05) is 11.1 Å². The summed E-state index contributed by atoms with van der Waals surface area (Å²) >= 11 is 5.96. The maximum absolute atomic E-state index is 13.3. The molecule has 19 heavy (non-hydrogen) atoms. The lowest BCUT2D eigenvalue weighted by atomic mass is 10.0. The van der Waals surface area contributed by atoms with Gasteiger partial charge in [0.1, 0.15) is 17.7 Å². The fraction of sp³-hybridized carbons (Fsp3) is 0.200. The molecule has 2 aromatic carbocycles. The first-order chi connectivity index (χ1) is 9.13. The third-order valence-corrected chi connectivity index (χ3v) is 3.45. The Bertz CT molecular complexity index is 617. The van der Waals surface area contributed by atoms with E-state index in [0.717, 1.165) is 11.3 Å². The first-order valence-electron chi connectivity index (χ1n) is 6.12. The van der Waals surface area contributed by atoms with Crippen molar-refractivity contribution in [1.29, 1.82) is 0 Å². The van der Waals surface area contributed by atoms with Crippen LogP contribution in [0.3, 0.4) is 0 Å². The van der Waals surface area contributed by atoms with Gasteiger partial charge in [-0.2, -0.15) is 0 Å². The summed E-state index contributed by atoms with van der Waals surface area (Å²) in [5.41, 5.74) is 1.72. The number of fused-ring (bicyclic) bond motifs is 1. The van der Waals surface area contributed by atoms with Crippen molar-refractivity contribution in [2.24, 2.45) is 0 Å². The summed E-state index contributed by atoms with van der Waals surface area (Å²) in [7, 11) is 0. The van der Waals surface area contributed by atoms with E-state index in [0.29, 0.717) is 10.8 Å². The van der Waals surface area contributed by atoms with E-state index >= 15 is 0 Å². The molecule has 2 nitrogen and oxygen atoms in total. The highest BCUT2D eigenvalue weighted by atomic mass is 35.5. The van der Waals surface area contributed by atoms with Crippen LogP contribution < -0.4 is 10.1 Å². The zero-order valence-corrected chi connectivity index (χ0v) is 11.1. The second kappa shape index (κ2) is 4.74. The van der Waals surface area contributed by atoms with Gasteiger partial charge in [-0.15, -0.1) is 0 Å². The Morgan fingerprint density at radius 2 is 2.05 bits per heavy atom. The van der Waals surface area contributed by atoms with Crippen molar-refractivity contribution in [2.75, 3.05) is 5.32 Å². The number of benzene rings is 2. The molecule has 4 heteroatoms. The predicted octanol–water partition coefficient (Wildman–Crippen LogP) is 4.41. The van der Waals surface area contributed by atoms with E-state index in [4.69, 9.17) is 16.3 Å². The lowest BCUT2D eigenvalue weighted by Crippen LogP contribution is -2.32. The van der Waals surface area contributed by atoms with E-state index in [1.165, 1.54) is 12.1 Å². The lowest BCUT2D eigenvalue weighted by molar-refractivity contribution is 0.177. The molecule has 1 heterocycles. The van der Waals surface area contributed by atoms with Crippen LogP contribution in [0.4, 0.5) is 10.1 Å². The van der Waals surface area contributed by atoms with E-state index in [1.54, 1.807) is 12.1 Å². The number of ether oxygens (including phenoxy) is 1. The van der Waals surface area contributed by atoms with Gasteiger partial charge >= 0.3 is 0 Å². The molecular weight excluding hydrogens is 265 g/mol. The van der Waals surface area contributed by atoms with E-state index in [9.17, 15) is 4.39 Å². The number of anilines is 1. The van der Waals surface area contributed by atoms with Gasteiger partial charge in [0.25, 0.3) is 0 Å². The number of hydrogen-bond acceptors (Lipinski definition) is 2. The molecule has 2 unspecified atom stereocenters. The second-order valence-electron chi connectivity index (χ2n) is 4.67. The molecule has 3 rings (SSSR count). The van der Waals surface area contributed by atoms with Crippen LogP contribution in [0.15, 0.2) is 42.5 Å². The maximum Gasteiger partial charge on any atom is 0.144 e. The predicted molar refractivity (Wildman–Crippen MR) is 74.3 cm³/mol. The molecule has 0 saturated heterocycles. The summed E-state index contributed by atoms with van der Waals surface area (Å²) in [5.74, 6) is 0.435. The highest BCUT2D eigenvalue weighted by Gasteiger charge is 2.27. The van der Waals surface area contributed by atoms with E-state index < -0.39 is 0 Å². The molecule has 98 valence electrons. The third kappa shape index (κ3) is 2.38. The molecule has 0 radical (unpaired) electrons. The Kier molecular flexibility index (Phi) is 3.07. The van der Waals surface area contributed by atoms with Crippen molar-refractivity contribution < 1.29 is 9.13 Å². The van der Waals surface area contributed by atoms with Gasteiger partial charge in [0.05, 0.1) is 11.7 Å². The summed E-state index contributed by atoms with van der Waals surface area (Å²) in [4.78, 5) is 0. The van der Waals surface area contributed by atoms with Crippen molar-refractivity contribution in [3.8, 4) is 5.75 Å². The SMILES string of the molecule is CC1Nc2ccc(Cl)cc2OC1c1cccc(F)c1. The fourth-order valence-electron chi connectivity index (χ4n) is 2.31. The van der Waals surface area contributed by atoms with Gasteiger partial charge < -0.3 is 10.1 Å². The first-order valence-corrected chi connectivity index (χ1v) is 6.49. The Hall–Kier alpha value is -1.74. The monoisotopic (exact) mass is 277 g/mol. The van der Waals surface area contributed by atoms with Gasteiger partial charge in [-0.1, -0.05) is 23.7 Å². The molecular formula is C15H13ClFNO. The summed E-state index contributed by atoms with van der Waals surface area (Å²) < 4.78 is 19.3. The van der Waals surface area contributed by atoms with Crippen molar-refractivity contribution in [3.63, 3.8) is 0 Å². The van der Waals surface area contributed by atoms with Crippen molar-refractivity contribution in [1.82, 2.24) is 0 Å². The van der Waals surface area contributed by atoms with E-state index in [2.05, 4.69) is 5.32 Å². The molecule has 0 spiro atoms. The Balaban J connectivity index is 1.97. The molecule has 2 atom stereocenters. The molecule has 0 bridgehead atoms. The fourth-order valence-corrected chi connectivity index (χ4v) is 2.48. The summed E-state index contributed by atoms with van der Waals surface area (Å²) in [6.45, 7) is 2.01. The lowest BCUT2D eigenvalue weighted by Gasteiger charge is -2.33. The minimum Gasteiger partial charge on any atom is -0.481 e. The second-order valence-corrected chi connectivity index (χ2v) is 5.10. The first kappa shape index (κ1) is 12.3. The zero-order valence-electron chi connectivity index (χ0n) is 10.4. The Morgan fingerprint density at radius 1 is 1.21 bits per heavy atom. The number of halogens is 2.